The predicted molar refractivity (Wildman–Crippen MR) is 66.0 cm³/mol. The van der Waals surface area contributed by atoms with Crippen LogP contribution < -0.4 is 15.8 Å². The number of nitrogens with two attached hydrogens (primary N) is 1. The van der Waals surface area contributed by atoms with Crippen molar-refractivity contribution in [3.63, 3.8) is 0 Å². The Labute approximate surface area is 101 Å². The van der Waals surface area contributed by atoms with Crippen LogP contribution in [-0.4, -0.2) is 20.2 Å². The molecule has 1 aliphatic rings. The molecule has 1 unspecified atom stereocenters. The van der Waals surface area contributed by atoms with Crippen LogP contribution in [0.3, 0.4) is 0 Å². The van der Waals surface area contributed by atoms with E-state index >= 15 is 0 Å². The average molecular weight is 241 g/mol. The first-order valence-electron chi connectivity index (χ1n) is 5.44. The monoisotopic (exact) mass is 240 g/mol. The van der Waals surface area contributed by atoms with Crippen molar-refractivity contribution in [3.05, 3.63) is 28.3 Å². The number of methoxy groups -OCH3 is 1. The van der Waals surface area contributed by atoms with E-state index in [-0.39, 0.29) is 6.04 Å². The van der Waals surface area contributed by atoms with E-state index in [9.17, 15) is 0 Å². The lowest BCUT2D eigenvalue weighted by Crippen LogP contribution is -2.47. The molecule has 0 bridgehead atoms. The Morgan fingerprint density at radius 3 is 2.69 bits per heavy atom. The predicted octanol–water partition coefficient (Wildman–Crippen LogP) is 1.88. The highest BCUT2D eigenvalue weighted by Crippen LogP contribution is 2.33. The second-order valence-electron chi connectivity index (χ2n) is 4.29. The molecule has 4 heteroatoms. The number of aryl methyl sites for hydroxylation is 1. The van der Waals surface area contributed by atoms with E-state index in [2.05, 4.69) is 5.32 Å². The maximum atomic E-state index is 6.22. The molecule has 88 valence electrons. The molecule has 0 saturated carbocycles. The molecule has 1 aromatic carbocycles. The number of nitrogens with one attached hydrogen (secondary N) is 1. The number of halogens is 1. The minimum Gasteiger partial charge on any atom is -0.495 e. The van der Waals surface area contributed by atoms with Crippen LogP contribution in [0.4, 0.5) is 0 Å². The van der Waals surface area contributed by atoms with Gasteiger partial charge in [-0.05, 0) is 30.2 Å². The molecule has 3 nitrogen and oxygen atoms in total. The van der Waals surface area contributed by atoms with E-state index < -0.39 is 0 Å². The summed E-state index contributed by atoms with van der Waals surface area (Å²) in [7, 11) is 1.62. The zero-order chi connectivity index (χ0) is 11.7. The molecule has 0 aliphatic carbocycles. The van der Waals surface area contributed by atoms with Crippen molar-refractivity contribution in [2.45, 2.75) is 13.0 Å². The van der Waals surface area contributed by atoms with Gasteiger partial charge in [0, 0.05) is 25.0 Å². The van der Waals surface area contributed by atoms with Crippen molar-refractivity contribution in [1.29, 1.82) is 0 Å². The summed E-state index contributed by atoms with van der Waals surface area (Å²) in [6.45, 7) is 4.02. The van der Waals surface area contributed by atoms with Gasteiger partial charge in [-0.1, -0.05) is 11.6 Å². The fourth-order valence-corrected chi connectivity index (χ4v) is 2.25. The topological polar surface area (TPSA) is 47.3 Å². The van der Waals surface area contributed by atoms with Crippen LogP contribution in [0.5, 0.6) is 5.75 Å². The number of hydrogen-bond donors (Lipinski definition) is 2. The fraction of sp³-hybridized carbons (Fsp3) is 0.500. The Balaban J connectivity index is 2.29. The van der Waals surface area contributed by atoms with Crippen LogP contribution in [0, 0.1) is 12.8 Å². The summed E-state index contributed by atoms with van der Waals surface area (Å²) >= 11 is 6.12. The second kappa shape index (κ2) is 4.62. The highest BCUT2D eigenvalue weighted by molar-refractivity contribution is 6.32. The molecule has 1 aromatic rings. The molecule has 16 heavy (non-hydrogen) atoms. The van der Waals surface area contributed by atoms with Crippen molar-refractivity contribution < 1.29 is 4.74 Å². The lowest BCUT2D eigenvalue weighted by Gasteiger charge is -2.33. The van der Waals surface area contributed by atoms with Gasteiger partial charge in [0.15, 0.2) is 0 Å². The molecule has 2 rings (SSSR count). The van der Waals surface area contributed by atoms with Gasteiger partial charge < -0.3 is 15.8 Å². The molecule has 1 fully saturated rings. The molecule has 1 aliphatic heterocycles. The van der Waals surface area contributed by atoms with Gasteiger partial charge in [-0.3, -0.25) is 0 Å². The smallest absolute Gasteiger partial charge is 0.137 e. The summed E-state index contributed by atoms with van der Waals surface area (Å²) < 4.78 is 5.18. The van der Waals surface area contributed by atoms with Crippen LogP contribution in [0.2, 0.25) is 5.02 Å². The third-order valence-corrected chi connectivity index (χ3v) is 3.52. The maximum Gasteiger partial charge on any atom is 0.137 e. The fourth-order valence-electron chi connectivity index (χ4n) is 2.00. The Morgan fingerprint density at radius 2 is 2.19 bits per heavy atom. The van der Waals surface area contributed by atoms with E-state index in [0.717, 1.165) is 24.2 Å². The zero-order valence-electron chi connectivity index (χ0n) is 9.59. The molecule has 0 radical (unpaired) electrons. The summed E-state index contributed by atoms with van der Waals surface area (Å²) in [5.41, 5.74) is 8.48. The van der Waals surface area contributed by atoms with Gasteiger partial charge in [0.25, 0.3) is 0 Å². The first-order chi connectivity index (χ1) is 7.63. The van der Waals surface area contributed by atoms with Gasteiger partial charge in [0.1, 0.15) is 5.75 Å². The van der Waals surface area contributed by atoms with E-state index in [1.807, 2.05) is 19.1 Å². The SMILES string of the molecule is COc1cc(C)c(C(N)C2CNC2)cc1Cl. The molecule has 1 atom stereocenters. The van der Waals surface area contributed by atoms with Crippen molar-refractivity contribution in [2.24, 2.45) is 11.7 Å². The van der Waals surface area contributed by atoms with E-state index in [4.69, 9.17) is 22.1 Å². The number of hydrogen-bond acceptors (Lipinski definition) is 3. The summed E-state index contributed by atoms with van der Waals surface area (Å²) in [6, 6.07) is 3.94. The summed E-state index contributed by atoms with van der Waals surface area (Å²) in [4.78, 5) is 0. The van der Waals surface area contributed by atoms with Crippen molar-refractivity contribution >= 4 is 11.6 Å². The largest absolute Gasteiger partial charge is 0.495 e. The van der Waals surface area contributed by atoms with E-state index in [1.165, 1.54) is 0 Å². The summed E-state index contributed by atoms with van der Waals surface area (Å²) in [5.74, 6) is 1.23. The molecule has 0 amide bonds. The quantitative estimate of drug-likeness (QED) is 0.848. The standard InChI is InChI=1S/C12H17ClN2O/c1-7-3-11(16-2)10(13)4-9(7)12(14)8-5-15-6-8/h3-4,8,12,15H,5-6,14H2,1-2H3. The van der Waals surface area contributed by atoms with Gasteiger partial charge in [-0.2, -0.15) is 0 Å². The van der Waals surface area contributed by atoms with E-state index in [1.54, 1.807) is 7.11 Å². The van der Waals surface area contributed by atoms with Gasteiger partial charge >= 0.3 is 0 Å². The molecular formula is C12H17ClN2O. The van der Waals surface area contributed by atoms with Crippen LogP contribution in [-0.2, 0) is 0 Å². The maximum absolute atomic E-state index is 6.22. The summed E-state index contributed by atoms with van der Waals surface area (Å²) in [6.07, 6.45) is 0. The zero-order valence-corrected chi connectivity index (χ0v) is 10.3. The second-order valence-corrected chi connectivity index (χ2v) is 4.69. The van der Waals surface area contributed by atoms with E-state index in [0.29, 0.717) is 16.7 Å². The Hall–Kier alpha value is -0.770. The molecule has 1 saturated heterocycles. The van der Waals surface area contributed by atoms with Crippen LogP contribution in [0.25, 0.3) is 0 Å². The highest BCUT2D eigenvalue weighted by atomic mass is 35.5. The normalized spacial score (nSPS) is 18.0. The van der Waals surface area contributed by atoms with Gasteiger partial charge in [0.2, 0.25) is 0 Å². The minimum absolute atomic E-state index is 0.0599. The molecular weight excluding hydrogens is 224 g/mol. The number of ether oxygens (including phenoxy) is 1. The third kappa shape index (κ3) is 2.03. The molecule has 3 N–H and O–H groups in total. The highest BCUT2D eigenvalue weighted by Gasteiger charge is 2.26. The lowest BCUT2D eigenvalue weighted by molar-refractivity contribution is 0.294. The Morgan fingerprint density at radius 1 is 1.50 bits per heavy atom. The molecule has 1 heterocycles. The van der Waals surface area contributed by atoms with Crippen LogP contribution >= 0.6 is 11.6 Å². The lowest BCUT2D eigenvalue weighted by atomic mass is 9.87. The number of rotatable bonds is 3. The Kier molecular flexibility index (Phi) is 3.38. The van der Waals surface area contributed by atoms with Crippen LogP contribution in [0.15, 0.2) is 12.1 Å². The Bertz CT molecular complexity index is 391. The average Bonchev–Trinajstić information content (AvgIpc) is 2.18. The molecule has 0 spiro atoms. The summed E-state index contributed by atoms with van der Waals surface area (Å²) in [5, 5.41) is 3.86. The minimum atomic E-state index is 0.0599. The molecule has 0 aromatic heterocycles. The first-order valence-corrected chi connectivity index (χ1v) is 5.81. The van der Waals surface area contributed by atoms with Crippen molar-refractivity contribution in [1.82, 2.24) is 5.32 Å². The van der Waals surface area contributed by atoms with Gasteiger partial charge in [-0.25, -0.2) is 0 Å². The first kappa shape index (κ1) is 11.7. The van der Waals surface area contributed by atoms with Gasteiger partial charge in [0.05, 0.1) is 12.1 Å². The number of benzene rings is 1. The van der Waals surface area contributed by atoms with Crippen molar-refractivity contribution in [3.8, 4) is 5.75 Å². The van der Waals surface area contributed by atoms with Crippen molar-refractivity contribution in [2.75, 3.05) is 20.2 Å². The third-order valence-electron chi connectivity index (χ3n) is 3.22. The van der Waals surface area contributed by atoms with Crippen LogP contribution in [0.1, 0.15) is 17.2 Å². The van der Waals surface area contributed by atoms with Gasteiger partial charge in [-0.15, -0.1) is 0 Å².